The molecule has 1 aliphatic rings. The first-order valence-corrected chi connectivity index (χ1v) is 7.33. The second-order valence-corrected chi connectivity index (χ2v) is 5.97. The molecule has 90 valence electrons. The Bertz CT molecular complexity index is 527. The van der Waals surface area contributed by atoms with Gasteiger partial charge in [0.2, 0.25) is 0 Å². The first-order chi connectivity index (χ1) is 8.24. The maximum Gasteiger partial charge on any atom is 0.149 e. The van der Waals surface area contributed by atoms with E-state index in [9.17, 15) is 0 Å². The third-order valence-electron chi connectivity index (χ3n) is 2.99. The molecule has 1 aliphatic carbocycles. The summed E-state index contributed by atoms with van der Waals surface area (Å²) in [6, 6.07) is 0.592. The van der Waals surface area contributed by atoms with Gasteiger partial charge in [-0.15, -0.1) is 11.3 Å². The molecular weight excluding hydrogens is 252 g/mol. The summed E-state index contributed by atoms with van der Waals surface area (Å²) in [5.74, 6) is 0.589. The maximum atomic E-state index is 5.94. The molecule has 0 saturated heterocycles. The van der Waals surface area contributed by atoms with Crippen molar-refractivity contribution in [1.29, 1.82) is 0 Å². The molecule has 2 heterocycles. The minimum Gasteiger partial charge on any atom is -0.382 e. The zero-order valence-corrected chi connectivity index (χ0v) is 11.2. The molecule has 0 aliphatic heterocycles. The van der Waals surface area contributed by atoms with E-state index in [0.717, 1.165) is 21.3 Å². The van der Waals surface area contributed by atoms with Crippen LogP contribution in [0.3, 0.4) is 0 Å². The van der Waals surface area contributed by atoms with E-state index in [-0.39, 0.29) is 0 Å². The summed E-state index contributed by atoms with van der Waals surface area (Å²) in [5.41, 5.74) is 7.96. The van der Waals surface area contributed by atoms with E-state index < -0.39 is 0 Å². The van der Waals surface area contributed by atoms with Gasteiger partial charge in [0.15, 0.2) is 0 Å². The van der Waals surface area contributed by atoms with Crippen LogP contribution >= 0.6 is 22.9 Å². The molecule has 2 aromatic heterocycles. The third-order valence-corrected chi connectivity index (χ3v) is 4.76. The predicted octanol–water partition coefficient (Wildman–Crippen LogP) is 3.12. The maximum absolute atomic E-state index is 5.94. The van der Waals surface area contributed by atoms with Crippen molar-refractivity contribution in [2.45, 2.75) is 32.2 Å². The molecule has 0 bridgehead atoms. The van der Waals surface area contributed by atoms with Gasteiger partial charge >= 0.3 is 0 Å². The average Bonchev–Trinajstić information content (AvgIpc) is 2.79. The number of nitrogens with two attached hydrogens (primary N) is 1. The van der Waals surface area contributed by atoms with Crippen LogP contribution in [0.25, 0.3) is 10.6 Å². The number of hydrogen-bond donors (Lipinski definition) is 2. The SMILES string of the molecule is Cc1csc(-c2c(N)nsc2NC2CCC2)n1. The normalized spacial score (nSPS) is 15.8. The van der Waals surface area contributed by atoms with Gasteiger partial charge < -0.3 is 11.1 Å². The molecule has 2 aromatic rings. The van der Waals surface area contributed by atoms with E-state index in [4.69, 9.17) is 5.73 Å². The Kier molecular flexibility index (Phi) is 2.76. The molecule has 0 amide bonds. The number of aromatic nitrogens is 2. The van der Waals surface area contributed by atoms with Crippen LogP contribution in [-0.2, 0) is 0 Å². The monoisotopic (exact) mass is 266 g/mol. The summed E-state index contributed by atoms with van der Waals surface area (Å²) < 4.78 is 4.24. The summed E-state index contributed by atoms with van der Waals surface area (Å²) in [7, 11) is 0. The zero-order valence-electron chi connectivity index (χ0n) is 9.56. The highest BCUT2D eigenvalue weighted by Crippen LogP contribution is 2.39. The van der Waals surface area contributed by atoms with Crippen LogP contribution in [0.15, 0.2) is 5.38 Å². The highest BCUT2D eigenvalue weighted by Gasteiger charge is 2.22. The Morgan fingerprint density at radius 3 is 2.88 bits per heavy atom. The quantitative estimate of drug-likeness (QED) is 0.896. The van der Waals surface area contributed by atoms with Gasteiger partial charge in [0.1, 0.15) is 15.8 Å². The van der Waals surface area contributed by atoms with Gasteiger partial charge in [-0.05, 0) is 37.7 Å². The standard InChI is InChI=1S/C11H14N4S2/c1-6-5-16-10(13-6)8-9(12)15-17-11(8)14-7-3-2-4-7/h5,7,14H,2-4H2,1H3,(H2,12,15). The molecular formula is C11H14N4S2. The predicted molar refractivity (Wildman–Crippen MR) is 73.6 cm³/mol. The fraction of sp³-hybridized carbons (Fsp3) is 0.455. The van der Waals surface area contributed by atoms with Gasteiger partial charge in [-0.2, -0.15) is 4.37 Å². The topological polar surface area (TPSA) is 63.8 Å². The first-order valence-electron chi connectivity index (χ1n) is 5.68. The van der Waals surface area contributed by atoms with Crippen molar-refractivity contribution in [2.24, 2.45) is 0 Å². The first kappa shape index (κ1) is 11.0. The summed E-state index contributed by atoms with van der Waals surface area (Å²) in [4.78, 5) is 4.49. The van der Waals surface area contributed by atoms with Crippen molar-refractivity contribution in [3.05, 3.63) is 11.1 Å². The molecule has 3 N–H and O–H groups in total. The van der Waals surface area contributed by atoms with Gasteiger partial charge in [0.25, 0.3) is 0 Å². The minimum absolute atomic E-state index is 0.589. The summed E-state index contributed by atoms with van der Waals surface area (Å²) in [6.45, 7) is 2.00. The van der Waals surface area contributed by atoms with Gasteiger partial charge in [-0.25, -0.2) is 4.98 Å². The Hall–Kier alpha value is -1.14. The second-order valence-electron chi connectivity index (χ2n) is 4.34. The van der Waals surface area contributed by atoms with Crippen molar-refractivity contribution < 1.29 is 0 Å². The van der Waals surface area contributed by atoms with E-state index in [1.165, 1.54) is 30.8 Å². The molecule has 1 fully saturated rings. The van der Waals surface area contributed by atoms with Crippen molar-refractivity contribution in [3.8, 4) is 10.6 Å². The average molecular weight is 266 g/mol. The summed E-state index contributed by atoms with van der Waals surface area (Å²) >= 11 is 3.06. The zero-order chi connectivity index (χ0) is 11.8. The van der Waals surface area contributed by atoms with Crippen molar-refractivity contribution >= 4 is 33.7 Å². The fourth-order valence-electron chi connectivity index (χ4n) is 1.81. The Morgan fingerprint density at radius 1 is 1.47 bits per heavy atom. The van der Waals surface area contributed by atoms with Gasteiger partial charge in [0.05, 0.1) is 5.56 Å². The number of aryl methyl sites for hydroxylation is 1. The lowest BCUT2D eigenvalue weighted by Gasteiger charge is -2.26. The number of rotatable bonds is 3. The molecule has 0 aromatic carbocycles. The van der Waals surface area contributed by atoms with Crippen molar-refractivity contribution in [1.82, 2.24) is 9.36 Å². The number of nitrogen functional groups attached to an aromatic ring is 1. The van der Waals surface area contributed by atoms with E-state index in [1.54, 1.807) is 11.3 Å². The van der Waals surface area contributed by atoms with E-state index in [0.29, 0.717) is 11.9 Å². The molecule has 0 spiro atoms. The van der Waals surface area contributed by atoms with Crippen LogP contribution in [0.5, 0.6) is 0 Å². The molecule has 0 unspecified atom stereocenters. The highest BCUT2D eigenvalue weighted by molar-refractivity contribution is 7.15. The Labute approximate surface area is 108 Å². The molecule has 0 atom stereocenters. The second kappa shape index (κ2) is 4.27. The number of thiazole rings is 1. The highest BCUT2D eigenvalue weighted by atomic mass is 32.1. The van der Waals surface area contributed by atoms with E-state index in [2.05, 4.69) is 14.7 Å². The van der Waals surface area contributed by atoms with Crippen LogP contribution in [0.2, 0.25) is 0 Å². The van der Waals surface area contributed by atoms with Gasteiger partial charge in [0, 0.05) is 17.1 Å². The molecule has 6 heteroatoms. The number of hydrogen-bond acceptors (Lipinski definition) is 6. The van der Waals surface area contributed by atoms with Crippen LogP contribution < -0.4 is 11.1 Å². The van der Waals surface area contributed by atoms with Gasteiger partial charge in [-0.3, -0.25) is 0 Å². The van der Waals surface area contributed by atoms with Crippen molar-refractivity contribution in [3.63, 3.8) is 0 Å². The number of anilines is 2. The third kappa shape index (κ3) is 2.02. The fourth-order valence-corrected chi connectivity index (χ4v) is 3.53. The van der Waals surface area contributed by atoms with E-state index in [1.807, 2.05) is 12.3 Å². The Balaban J connectivity index is 1.93. The van der Waals surface area contributed by atoms with E-state index >= 15 is 0 Å². The van der Waals surface area contributed by atoms with Crippen LogP contribution in [0, 0.1) is 6.92 Å². The summed E-state index contributed by atoms with van der Waals surface area (Å²) in [6.07, 6.45) is 3.81. The lowest BCUT2D eigenvalue weighted by molar-refractivity contribution is 0.446. The van der Waals surface area contributed by atoms with Crippen LogP contribution in [0.4, 0.5) is 10.8 Å². The molecule has 4 nitrogen and oxygen atoms in total. The number of nitrogens with one attached hydrogen (secondary N) is 1. The van der Waals surface area contributed by atoms with Crippen molar-refractivity contribution in [2.75, 3.05) is 11.1 Å². The minimum atomic E-state index is 0.589. The largest absolute Gasteiger partial charge is 0.382 e. The summed E-state index contributed by atoms with van der Waals surface area (Å²) in [5, 5.41) is 7.60. The number of nitrogens with zero attached hydrogens (tertiary/aromatic N) is 2. The smallest absolute Gasteiger partial charge is 0.149 e. The lowest BCUT2D eigenvalue weighted by Crippen LogP contribution is -2.26. The molecule has 17 heavy (non-hydrogen) atoms. The van der Waals surface area contributed by atoms with Crippen LogP contribution in [0.1, 0.15) is 25.0 Å². The lowest BCUT2D eigenvalue weighted by atomic mass is 9.93. The molecule has 0 radical (unpaired) electrons. The van der Waals surface area contributed by atoms with Crippen LogP contribution in [-0.4, -0.2) is 15.4 Å². The van der Waals surface area contributed by atoms with Gasteiger partial charge in [-0.1, -0.05) is 0 Å². The molecule has 3 rings (SSSR count). The Morgan fingerprint density at radius 2 is 2.29 bits per heavy atom. The molecule has 1 saturated carbocycles.